The predicted octanol–water partition coefficient (Wildman–Crippen LogP) is 2.76. The molecule has 0 aromatic rings. The molecule has 0 saturated carbocycles. The van der Waals surface area contributed by atoms with Gasteiger partial charge in [-0.1, -0.05) is 0 Å². The zero-order valence-electron chi connectivity index (χ0n) is 5.04. The lowest BCUT2D eigenvalue weighted by molar-refractivity contribution is 0.106. The molecule has 0 bridgehead atoms. The van der Waals surface area contributed by atoms with Gasteiger partial charge < -0.3 is 0 Å². The third-order valence-electron chi connectivity index (χ3n) is 0.868. The molecule has 0 aliphatic rings. The van der Waals surface area contributed by atoms with Crippen LogP contribution in [0.1, 0.15) is 6.92 Å². The lowest BCUT2D eigenvalue weighted by Gasteiger charge is -2.03. The van der Waals surface area contributed by atoms with E-state index in [-0.39, 0.29) is 0 Å². The fourth-order valence-corrected chi connectivity index (χ4v) is 0.396. The van der Waals surface area contributed by atoms with Gasteiger partial charge >= 0.3 is 0 Å². The largest absolute Gasteiger partial charge is 0.268 e. The van der Waals surface area contributed by atoms with Gasteiger partial charge in [-0.05, 0) is 6.92 Å². The molecular formula is C5H5F5. The van der Waals surface area contributed by atoms with Crippen LogP contribution in [0.2, 0.25) is 0 Å². The van der Waals surface area contributed by atoms with Crippen LogP contribution in [0.4, 0.5) is 22.0 Å². The fourth-order valence-electron chi connectivity index (χ4n) is 0.396. The van der Waals surface area contributed by atoms with Crippen LogP contribution in [-0.2, 0) is 0 Å². The molecule has 0 saturated heterocycles. The standard InChI is InChI=1S/C5H5F5/c1-2(6)3(4(7)8)5(9)10/h4-5H,1H3. The van der Waals surface area contributed by atoms with Crippen molar-refractivity contribution in [2.75, 3.05) is 0 Å². The lowest BCUT2D eigenvalue weighted by Crippen LogP contribution is -2.07. The molecule has 60 valence electrons. The van der Waals surface area contributed by atoms with E-state index in [0.717, 1.165) is 0 Å². The third-order valence-corrected chi connectivity index (χ3v) is 0.868. The van der Waals surface area contributed by atoms with Gasteiger partial charge in [0.05, 0.1) is 5.57 Å². The molecule has 0 aromatic heterocycles. The van der Waals surface area contributed by atoms with Crippen molar-refractivity contribution in [3.05, 3.63) is 11.4 Å². The summed E-state index contributed by atoms with van der Waals surface area (Å²) in [6.45, 7) is 0.577. The minimum Gasteiger partial charge on any atom is -0.212 e. The van der Waals surface area contributed by atoms with E-state index in [1.165, 1.54) is 0 Å². The smallest absolute Gasteiger partial charge is 0.212 e. The van der Waals surface area contributed by atoms with Crippen molar-refractivity contribution in [2.45, 2.75) is 19.8 Å². The normalized spacial score (nSPS) is 10.8. The molecule has 0 rings (SSSR count). The summed E-state index contributed by atoms with van der Waals surface area (Å²) in [6.07, 6.45) is -6.82. The van der Waals surface area contributed by atoms with E-state index >= 15 is 0 Å². The van der Waals surface area contributed by atoms with Gasteiger partial charge in [0, 0.05) is 0 Å². The number of hydrogen-bond donors (Lipinski definition) is 0. The third kappa shape index (κ3) is 2.33. The van der Waals surface area contributed by atoms with Crippen molar-refractivity contribution >= 4 is 0 Å². The van der Waals surface area contributed by atoms with Crippen LogP contribution in [-0.4, -0.2) is 12.9 Å². The summed E-state index contributed by atoms with van der Waals surface area (Å²) in [5.74, 6) is -1.51. The van der Waals surface area contributed by atoms with E-state index in [4.69, 9.17) is 0 Å². The molecule has 0 atom stereocenters. The summed E-state index contributed by atoms with van der Waals surface area (Å²) in [5.41, 5.74) is -1.72. The zero-order valence-corrected chi connectivity index (χ0v) is 5.04. The van der Waals surface area contributed by atoms with E-state index in [0.29, 0.717) is 6.92 Å². The van der Waals surface area contributed by atoms with Crippen molar-refractivity contribution in [3.63, 3.8) is 0 Å². The number of hydrogen-bond acceptors (Lipinski definition) is 0. The van der Waals surface area contributed by atoms with Gasteiger partial charge in [0.1, 0.15) is 5.83 Å². The SMILES string of the molecule is CC(F)=C(C(F)F)C(F)F. The number of alkyl halides is 4. The Morgan fingerprint density at radius 2 is 1.30 bits per heavy atom. The Morgan fingerprint density at radius 1 is 1.00 bits per heavy atom. The highest BCUT2D eigenvalue weighted by molar-refractivity contribution is 5.11. The van der Waals surface area contributed by atoms with Gasteiger partial charge in [-0.25, -0.2) is 22.0 Å². The maximum absolute atomic E-state index is 11.8. The van der Waals surface area contributed by atoms with Crippen molar-refractivity contribution in [2.24, 2.45) is 0 Å². The molecule has 5 heteroatoms. The van der Waals surface area contributed by atoms with E-state index in [1.807, 2.05) is 0 Å². The maximum Gasteiger partial charge on any atom is 0.268 e. The van der Waals surface area contributed by atoms with E-state index in [2.05, 4.69) is 0 Å². The summed E-state index contributed by atoms with van der Waals surface area (Å²) in [7, 11) is 0. The highest BCUT2D eigenvalue weighted by atomic mass is 19.3. The average Bonchev–Trinajstić information content (AvgIpc) is 1.59. The Labute approximate surface area is 54.3 Å². The van der Waals surface area contributed by atoms with Crippen molar-refractivity contribution in [1.29, 1.82) is 0 Å². The fraction of sp³-hybridized carbons (Fsp3) is 0.600. The average molecular weight is 160 g/mol. The van der Waals surface area contributed by atoms with Gasteiger partial charge in [-0.3, -0.25) is 0 Å². The monoisotopic (exact) mass is 160 g/mol. The first kappa shape index (κ1) is 9.39. The van der Waals surface area contributed by atoms with Crippen LogP contribution in [0.25, 0.3) is 0 Å². The van der Waals surface area contributed by atoms with E-state index in [1.54, 1.807) is 0 Å². The Hall–Kier alpha value is -0.610. The van der Waals surface area contributed by atoms with Crippen LogP contribution in [0.3, 0.4) is 0 Å². The summed E-state index contributed by atoms with van der Waals surface area (Å²) in [4.78, 5) is 0. The molecule has 0 aliphatic heterocycles. The zero-order chi connectivity index (χ0) is 8.31. The van der Waals surface area contributed by atoms with Crippen molar-refractivity contribution in [1.82, 2.24) is 0 Å². The van der Waals surface area contributed by atoms with Crippen LogP contribution in [0, 0.1) is 0 Å². The van der Waals surface area contributed by atoms with Crippen molar-refractivity contribution in [3.8, 4) is 0 Å². The Morgan fingerprint density at radius 3 is 1.30 bits per heavy atom. The molecule has 0 spiro atoms. The molecule has 0 aromatic carbocycles. The van der Waals surface area contributed by atoms with Crippen LogP contribution >= 0.6 is 0 Å². The summed E-state index contributed by atoms with van der Waals surface area (Å²) in [6, 6.07) is 0. The minimum atomic E-state index is -3.41. The van der Waals surface area contributed by atoms with Gasteiger partial charge in [0.2, 0.25) is 0 Å². The second-order valence-electron chi connectivity index (χ2n) is 1.59. The molecule has 0 aliphatic carbocycles. The molecule has 0 nitrogen and oxygen atoms in total. The Bertz CT molecular complexity index is 123. The first-order chi connectivity index (χ1) is 4.46. The second-order valence-corrected chi connectivity index (χ2v) is 1.59. The highest BCUT2D eigenvalue weighted by Crippen LogP contribution is 2.21. The minimum absolute atomic E-state index is 0.577. The highest BCUT2D eigenvalue weighted by Gasteiger charge is 2.24. The van der Waals surface area contributed by atoms with Crippen LogP contribution in [0.15, 0.2) is 11.4 Å². The summed E-state index contributed by atoms with van der Waals surface area (Å²) < 4.78 is 57.5. The summed E-state index contributed by atoms with van der Waals surface area (Å²) in [5, 5.41) is 0. The predicted molar refractivity (Wildman–Crippen MR) is 25.8 cm³/mol. The van der Waals surface area contributed by atoms with Crippen molar-refractivity contribution < 1.29 is 22.0 Å². The molecule has 0 N–H and O–H groups in total. The summed E-state index contributed by atoms with van der Waals surface area (Å²) >= 11 is 0. The van der Waals surface area contributed by atoms with E-state index in [9.17, 15) is 22.0 Å². The quantitative estimate of drug-likeness (QED) is 0.545. The van der Waals surface area contributed by atoms with Crippen LogP contribution < -0.4 is 0 Å². The Balaban J connectivity index is 4.44. The topological polar surface area (TPSA) is 0 Å². The molecule has 0 radical (unpaired) electrons. The Kier molecular flexibility index (Phi) is 3.32. The second kappa shape index (κ2) is 3.53. The molecule has 0 unspecified atom stereocenters. The lowest BCUT2D eigenvalue weighted by atomic mass is 10.2. The maximum atomic E-state index is 11.8. The first-order valence-corrected chi connectivity index (χ1v) is 2.39. The molecule has 0 fully saturated rings. The van der Waals surface area contributed by atoms with Crippen LogP contribution in [0.5, 0.6) is 0 Å². The van der Waals surface area contributed by atoms with E-state index < -0.39 is 24.3 Å². The first-order valence-electron chi connectivity index (χ1n) is 2.39. The van der Waals surface area contributed by atoms with Gasteiger partial charge in [0.25, 0.3) is 12.9 Å². The van der Waals surface area contributed by atoms with Gasteiger partial charge in [-0.15, -0.1) is 0 Å². The number of allylic oxidation sites excluding steroid dienone is 2. The number of halogens is 5. The molecule has 0 heterocycles. The molecule has 10 heavy (non-hydrogen) atoms. The molecule has 0 amide bonds. The molecular weight excluding hydrogens is 155 g/mol. The van der Waals surface area contributed by atoms with Gasteiger partial charge in [0.15, 0.2) is 0 Å². The number of rotatable bonds is 2. The van der Waals surface area contributed by atoms with Gasteiger partial charge in [-0.2, -0.15) is 0 Å².